The summed E-state index contributed by atoms with van der Waals surface area (Å²) in [6.45, 7) is 6.89. The van der Waals surface area contributed by atoms with Crippen molar-refractivity contribution < 1.29 is 19.0 Å². The molecule has 4 rings (SSSR count). The van der Waals surface area contributed by atoms with Gasteiger partial charge in [0.25, 0.3) is 0 Å². The summed E-state index contributed by atoms with van der Waals surface area (Å²) in [6, 6.07) is -0.0313. The number of aromatic nitrogens is 3. The molecule has 0 saturated carbocycles. The highest BCUT2D eigenvalue weighted by atomic mass is 32.1. The van der Waals surface area contributed by atoms with Crippen molar-refractivity contribution >= 4 is 39.5 Å². The van der Waals surface area contributed by atoms with Crippen molar-refractivity contribution in [3.63, 3.8) is 0 Å². The molecule has 1 aliphatic carbocycles. The summed E-state index contributed by atoms with van der Waals surface area (Å²) < 4.78 is 16.3. The number of methoxy groups -OCH3 is 2. The minimum Gasteiger partial charge on any atom is -0.498 e. The molecule has 1 amide bonds. The third kappa shape index (κ3) is 5.53. The lowest BCUT2D eigenvalue weighted by molar-refractivity contribution is 0.0509. The highest BCUT2D eigenvalue weighted by molar-refractivity contribution is 7.16. The number of allylic oxidation sites excluding steroid dienone is 1. The van der Waals surface area contributed by atoms with Gasteiger partial charge in [0.05, 0.1) is 18.7 Å². The largest absolute Gasteiger partial charge is 0.498 e. The average molecular weight is 475 g/mol. The van der Waals surface area contributed by atoms with Crippen molar-refractivity contribution in [1.82, 2.24) is 20.3 Å². The quantitative estimate of drug-likeness (QED) is 0.650. The van der Waals surface area contributed by atoms with E-state index in [1.54, 1.807) is 19.7 Å². The van der Waals surface area contributed by atoms with Crippen LogP contribution in [0.5, 0.6) is 0 Å². The first kappa shape index (κ1) is 23.2. The van der Waals surface area contributed by atoms with E-state index in [4.69, 9.17) is 24.2 Å². The highest BCUT2D eigenvalue weighted by Crippen LogP contribution is 2.29. The standard InChI is InChI=1S/C22H30N6O4S/c1-22(2,3)32-21(29)25-14-8-9-28(11-14)20-26-18(17-19(27-20)33-12-23-17)24-13-6-7-15(30-4)16(10-13)31-5/h6,10,12,14-15H,7-9,11H2,1-5H3,(H,25,29)(H,24,26,27). The van der Waals surface area contributed by atoms with Crippen LogP contribution in [-0.2, 0) is 14.2 Å². The average Bonchev–Trinajstić information content (AvgIpc) is 3.41. The van der Waals surface area contributed by atoms with Crippen molar-refractivity contribution in [2.45, 2.75) is 51.4 Å². The lowest BCUT2D eigenvalue weighted by Crippen LogP contribution is -2.40. The summed E-state index contributed by atoms with van der Waals surface area (Å²) in [4.78, 5) is 28.9. The summed E-state index contributed by atoms with van der Waals surface area (Å²) in [7, 11) is 3.30. The third-order valence-corrected chi connectivity index (χ3v) is 6.05. The molecule has 1 aliphatic heterocycles. The summed E-state index contributed by atoms with van der Waals surface area (Å²) in [5.74, 6) is 1.99. The Labute approximate surface area is 197 Å². The minimum absolute atomic E-state index is 0.0313. The van der Waals surface area contributed by atoms with E-state index in [0.29, 0.717) is 30.2 Å². The summed E-state index contributed by atoms with van der Waals surface area (Å²) in [5, 5.41) is 6.32. The molecule has 1 saturated heterocycles. The second-order valence-corrected chi connectivity index (χ2v) is 9.78. The van der Waals surface area contributed by atoms with E-state index in [1.807, 2.05) is 32.9 Å². The molecule has 0 spiro atoms. The van der Waals surface area contributed by atoms with Gasteiger partial charge < -0.3 is 29.7 Å². The fraction of sp³-hybridized carbons (Fsp3) is 0.545. The Morgan fingerprint density at radius 3 is 2.82 bits per heavy atom. The molecule has 33 heavy (non-hydrogen) atoms. The minimum atomic E-state index is -0.530. The van der Waals surface area contributed by atoms with E-state index in [-0.39, 0.29) is 12.1 Å². The number of anilines is 2. The fourth-order valence-corrected chi connectivity index (χ4v) is 4.45. The summed E-state index contributed by atoms with van der Waals surface area (Å²) in [5.41, 5.74) is 2.81. The SMILES string of the molecule is COC1=CC(Nc2nc(N3CCC(NC(=O)OC(C)(C)C)C3)nc3scnc23)=CCC1OC. The molecule has 1 fully saturated rings. The number of carbonyl (C=O) groups excluding carboxylic acids is 1. The summed E-state index contributed by atoms with van der Waals surface area (Å²) >= 11 is 1.47. The molecule has 0 radical (unpaired) electrons. The van der Waals surface area contributed by atoms with Gasteiger partial charge in [-0.2, -0.15) is 9.97 Å². The van der Waals surface area contributed by atoms with Crippen LogP contribution >= 0.6 is 11.3 Å². The lowest BCUT2D eigenvalue weighted by Gasteiger charge is -2.23. The van der Waals surface area contributed by atoms with E-state index in [1.165, 1.54) is 11.3 Å². The Kier molecular flexibility index (Phi) is 6.71. The zero-order valence-electron chi connectivity index (χ0n) is 19.5. The molecule has 11 heteroatoms. The molecule has 2 aliphatic rings. The van der Waals surface area contributed by atoms with Gasteiger partial charge in [0.15, 0.2) is 10.6 Å². The number of fused-ring (bicyclic) bond motifs is 1. The van der Waals surface area contributed by atoms with Gasteiger partial charge in [-0.3, -0.25) is 0 Å². The number of alkyl carbamates (subject to hydrolysis) is 1. The predicted molar refractivity (Wildman–Crippen MR) is 127 cm³/mol. The number of nitrogens with zero attached hydrogens (tertiary/aromatic N) is 4. The Bertz CT molecular complexity index is 1080. The molecule has 3 heterocycles. The number of carbonyl (C=O) groups is 1. The van der Waals surface area contributed by atoms with Gasteiger partial charge in [-0.15, -0.1) is 11.3 Å². The zero-order valence-corrected chi connectivity index (χ0v) is 20.4. The van der Waals surface area contributed by atoms with Gasteiger partial charge in [0.1, 0.15) is 23.0 Å². The molecule has 0 bridgehead atoms. The maximum atomic E-state index is 12.1. The van der Waals surface area contributed by atoms with E-state index >= 15 is 0 Å². The second-order valence-electron chi connectivity index (χ2n) is 8.95. The van der Waals surface area contributed by atoms with Gasteiger partial charge in [0, 0.05) is 38.4 Å². The molecule has 2 unspecified atom stereocenters. The monoisotopic (exact) mass is 474 g/mol. The van der Waals surface area contributed by atoms with Crippen LogP contribution in [0.3, 0.4) is 0 Å². The first-order chi connectivity index (χ1) is 15.8. The number of nitrogens with one attached hydrogen (secondary N) is 2. The van der Waals surface area contributed by atoms with Crippen LogP contribution in [0, 0.1) is 0 Å². The van der Waals surface area contributed by atoms with Crippen LogP contribution < -0.4 is 15.5 Å². The third-order valence-electron chi connectivity index (χ3n) is 5.33. The molecular formula is C22H30N6O4S. The second kappa shape index (κ2) is 9.52. The first-order valence-electron chi connectivity index (χ1n) is 10.9. The van der Waals surface area contributed by atoms with Crippen molar-refractivity contribution in [1.29, 1.82) is 0 Å². The number of hydrogen-bond acceptors (Lipinski definition) is 10. The maximum absolute atomic E-state index is 12.1. The zero-order chi connectivity index (χ0) is 23.6. The molecule has 2 N–H and O–H groups in total. The highest BCUT2D eigenvalue weighted by Gasteiger charge is 2.28. The van der Waals surface area contributed by atoms with Crippen molar-refractivity contribution in [2.24, 2.45) is 0 Å². The van der Waals surface area contributed by atoms with Crippen molar-refractivity contribution in [3.8, 4) is 0 Å². The number of rotatable bonds is 6. The molecular weight excluding hydrogens is 444 g/mol. The fourth-order valence-electron chi connectivity index (χ4n) is 3.79. The van der Waals surface area contributed by atoms with E-state index in [0.717, 1.165) is 29.3 Å². The Balaban J connectivity index is 1.50. The van der Waals surface area contributed by atoms with E-state index in [2.05, 4.69) is 20.5 Å². The van der Waals surface area contributed by atoms with Crippen LogP contribution in [-0.4, -0.2) is 66.1 Å². The molecule has 178 valence electrons. The van der Waals surface area contributed by atoms with Gasteiger partial charge in [-0.25, -0.2) is 9.78 Å². The molecule has 2 aromatic heterocycles. The number of amides is 1. The van der Waals surface area contributed by atoms with Gasteiger partial charge >= 0.3 is 6.09 Å². The van der Waals surface area contributed by atoms with Gasteiger partial charge in [0.2, 0.25) is 5.95 Å². The molecule has 2 aromatic rings. The summed E-state index contributed by atoms with van der Waals surface area (Å²) in [6.07, 6.45) is 4.94. The topological polar surface area (TPSA) is 111 Å². The number of ether oxygens (including phenoxy) is 3. The van der Waals surface area contributed by atoms with E-state index in [9.17, 15) is 4.79 Å². The van der Waals surface area contributed by atoms with Crippen LogP contribution in [0.2, 0.25) is 0 Å². The van der Waals surface area contributed by atoms with Crippen LogP contribution in [0.4, 0.5) is 16.6 Å². The smallest absolute Gasteiger partial charge is 0.407 e. The predicted octanol–water partition coefficient (Wildman–Crippen LogP) is 3.43. The van der Waals surface area contributed by atoms with Gasteiger partial charge in [-0.05, 0) is 27.2 Å². The van der Waals surface area contributed by atoms with Gasteiger partial charge in [-0.1, -0.05) is 6.08 Å². The molecule has 2 atom stereocenters. The molecule has 10 nitrogen and oxygen atoms in total. The lowest BCUT2D eigenvalue weighted by atomic mass is 10.1. The maximum Gasteiger partial charge on any atom is 0.407 e. The van der Waals surface area contributed by atoms with Crippen LogP contribution in [0.15, 0.2) is 29.1 Å². The number of hydrogen-bond donors (Lipinski definition) is 2. The normalized spacial score (nSPS) is 20.9. The Morgan fingerprint density at radius 1 is 1.27 bits per heavy atom. The Hall–Kier alpha value is -2.92. The van der Waals surface area contributed by atoms with Crippen LogP contribution in [0.25, 0.3) is 10.3 Å². The van der Waals surface area contributed by atoms with E-state index < -0.39 is 11.7 Å². The van der Waals surface area contributed by atoms with Crippen molar-refractivity contribution in [2.75, 3.05) is 37.5 Å². The first-order valence-corrected chi connectivity index (χ1v) is 11.7. The molecule has 0 aromatic carbocycles. The Morgan fingerprint density at radius 2 is 2.09 bits per heavy atom. The van der Waals surface area contributed by atoms with Crippen molar-refractivity contribution in [3.05, 3.63) is 29.1 Å². The number of thiazole rings is 1. The van der Waals surface area contributed by atoms with Crippen LogP contribution in [0.1, 0.15) is 33.6 Å².